The molecule has 1 saturated carbocycles. The molecule has 1 amide bonds. The first kappa shape index (κ1) is 27.4. The Bertz CT molecular complexity index is 1520. The van der Waals surface area contributed by atoms with Crippen molar-refractivity contribution in [1.29, 1.82) is 0 Å². The Morgan fingerprint density at radius 3 is 2.55 bits per heavy atom. The number of carbonyl (C=O) groups is 2. The highest BCUT2D eigenvalue weighted by Crippen LogP contribution is 2.31. The molecule has 0 aliphatic heterocycles. The van der Waals surface area contributed by atoms with Crippen LogP contribution in [0.5, 0.6) is 0 Å². The molecule has 0 radical (unpaired) electrons. The van der Waals surface area contributed by atoms with E-state index in [1.807, 2.05) is 43.3 Å². The zero-order chi connectivity index (χ0) is 28.1. The van der Waals surface area contributed by atoms with Crippen molar-refractivity contribution in [2.24, 2.45) is 0 Å². The summed E-state index contributed by atoms with van der Waals surface area (Å²) in [5, 5.41) is 16.2. The fraction of sp³-hybridized carbons (Fsp3) is 0.364. The topological polar surface area (TPSA) is 96.3 Å². The molecule has 7 nitrogen and oxygen atoms in total. The molecule has 40 heavy (non-hydrogen) atoms. The third kappa shape index (κ3) is 6.03. The van der Waals surface area contributed by atoms with Crippen LogP contribution in [0.15, 0.2) is 60.7 Å². The minimum Gasteiger partial charge on any atom is -0.478 e. The highest BCUT2D eigenvalue weighted by atomic mass is 16.4. The van der Waals surface area contributed by atoms with Crippen molar-refractivity contribution < 1.29 is 14.7 Å². The van der Waals surface area contributed by atoms with E-state index in [4.69, 9.17) is 4.98 Å². The number of aryl methyl sites for hydroxylation is 2. The van der Waals surface area contributed by atoms with Crippen LogP contribution in [0.25, 0.3) is 27.8 Å². The van der Waals surface area contributed by atoms with Gasteiger partial charge in [-0.1, -0.05) is 56.9 Å². The van der Waals surface area contributed by atoms with E-state index in [0.29, 0.717) is 17.2 Å². The summed E-state index contributed by atoms with van der Waals surface area (Å²) in [5.41, 5.74) is 6.61. The number of aromatic nitrogens is 2. The highest BCUT2D eigenvalue weighted by molar-refractivity contribution is 5.96. The number of nitrogens with zero attached hydrogens (tertiary/aromatic N) is 2. The van der Waals surface area contributed by atoms with Crippen molar-refractivity contribution in [3.05, 3.63) is 77.6 Å². The zero-order valence-corrected chi connectivity index (χ0v) is 23.4. The van der Waals surface area contributed by atoms with Gasteiger partial charge in [0.1, 0.15) is 5.82 Å². The maximum absolute atomic E-state index is 12.6. The number of unbranched alkanes of at least 4 members (excludes halogenated alkanes) is 1. The van der Waals surface area contributed by atoms with Crippen molar-refractivity contribution in [2.75, 3.05) is 11.9 Å². The van der Waals surface area contributed by atoms with Crippen LogP contribution in [0, 0.1) is 6.92 Å². The molecule has 1 aliphatic rings. The molecule has 7 heteroatoms. The Balaban J connectivity index is 1.45. The Morgan fingerprint density at radius 2 is 1.80 bits per heavy atom. The van der Waals surface area contributed by atoms with E-state index in [0.717, 1.165) is 71.5 Å². The quantitative estimate of drug-likeness (QED) is 0.204. The molecule has 0 spiro atoms. The van der Waals surface area contributed by atoms with Crippen molar-refractivity contribution in [1.82, 2.24) is 14.9 Å². The molecular weight excluding hydrogens is 500 g/mol. The molecule has 0 bridgehead atoms. The van der Waals surface area contributed by atoms with Gasteiger partial charge >= 0.3 is 5.97 Å². The lowest BCUT2D eigenvalue weighted by molar-refractivity contribution is -0.120. The molecule has 0 unspecified atom stereocenters. The summed E-state index contributed by atoms with van der Waals surface area (Å²) >= 11 is 0. The number of benzene rings is 3. The molecule has 1 fully saturated rings. The number of carbonyl (C=O) groups excluding carboxylic acids is 1. The van der Waals surface area contributed by atoms with E-state index in [2.05, 4.69) is 34.3 Å². The van der Waals surface area contributed by atoms with Gasteiger partial charge in [-0.25, -0.2) is 9.78 Å². The standard InChI is InChI=1S/C33H38N4O3/c1-3-4-14-31-36-29-18-15-24(34-21-32(38)35-23-10-6-5-7-11-23)20-30(29)37(31)25-16-17-26(22(2)19-25)27-12-8-9-13-28(27)33(39)40/h8-9,12-13,15-20,23,34H,3-7,10-11,14,21H2,1-2H3,(H,35,38)(H,39,40). The van der Waals surface area contributed by atoms with Gasteiger partial charge in [0.15, 0.2) is 0 Å². The van der Waals surface area contributed by atoms with E-state index in [-0.39, 0.29) is 12.5 Å². The molecular formula is C33H38N4O3. The van der Waals surface area contributed by atoms with Crippen molar-refractivity contribution in [3.8, 4) is 16.8 Å². The van der Waals surface area contributed by atoms with Crippen LogP contribution in [0.2, 0.25) is 0 Å². The van der Waals surface area contributed by atoms with Crippen LogP contribution in [0.3, 0.4) is 0 Å². The summed E-state index contributed by atoms with van der Waals surface area (Å²) < 4.78 is 2.19. The second kappa shape index (κ2) is 12.4. The molecule has 0 saturated heterocycles. The SMILES string of the molecule is CCCCc1nc2ccc(NCC(=O)NC3CCCCC3)cc2n1-c1ccc(-c2ccccc2C(=O)O)c(C)c1. The lowest BCUT2D eigenvalue weighted by Gasteiger charge is -2.22. The maximum atomic E-state index is 12.6. The normalized spacial score (nSPS) is 13.8. The van der Waals surface area contributed by atoms with E-state index in [1.54, 1.807) is 12.1 Å². The third-order valence-electron chi connectivity index (χ3n) is 7.82. The van der Waals surface area contributed by atoms with Crippen LogP contribution in [-0.2, 0) is 11.2 Å². The first-order chi connectivity index (χ1) is 19.4. The van der Waals surface area contributed by atoms with Gasteiger partial charge in [0, 0.05) is 23.8 Å². The largest absolute Gasteiger partial charge is 0.478 e. The fourth-order valence-electron chi connectivity index (χ4n) is 5.73. The second-order valence-corrected chi connectivity index (χ2v) is 10.8. The summed E-state index contributed by atoms with van der Waals surface area (Å²) in [4.78, 5) is 29.4. The summed E-state index contributed by atoms with van der Waals surface area (Å²) in [5.74, 6) is 0.0770. The number of fused-ring (bicyclic) bond motifs is 1. The van der Waals surface area contributed by atoms with E-state index in [1.165, 1.54) is 19.3 Å². The summed E-state index contributed by atoms with van der Waals surface area (Å²) in [6.45, 7) is 4.42. The van der Waals surface area contributed by atoms with Crippen LogP contribution >= 0.6 is 0 Å². The molecule has 208 valence electrons. The molecule has 4 aromatic rings. The number of nitrogens with one attached hydrogen (secondary N) is 2. The van der Waals surface area contributed by atoms with Crippen LogP contribution < -0.4 is 10.6 Å². The zero-order valence-electron chi connectivity index (χ0n) is 23.4. The van der Waals surface area contributed by atoms with Crippen molar-refractivity contribution in [3.63, 3.8) is 0 Å². The van der Waals surface area contributed by atoms with E-state index < -0.39 is 5.97 Å². The average Bonchev–Trinajstić information content (AvgIpc) is 3.33. The first-order valence-corrected chi connectivity index (χ1v) is 14.4. The predicted molar refractivity (Wildman–Crippen MR) is 160 cm³/mol. The van der Waals surface area contributed by atoms with Gasteiger partial charge in [0.2, 0.25) is 5.91 Å². The third-order valence-corrected chi connectivity index (χ3v) is 7.82. The van der Waals surface area contributed by atoms with E-state index >= 15 is 0 Å². The lowest BCUT2D eigenvalue weighted by Crippen LogP contribution is -2.39. The van der Waals surface area contributed by atoms with Crippen LogP contribution in [0.4, 0.5) is 5.69 Å². The molecule has 3 aromatic carbocycles. The molecule has 5 rings (SSSR count). The van der Waals surface area contributed by atoms with Gasteiger partial charge < -0.3 is 15.7 Å². The average molecular weight is 539 g/mol. The number of hydrogen-bond acceptors (Lipinski definition) is 4. The number of imidazole rings is 1. The van der Waals surface area contributed by atoms with Gasteiger partial charge in [0.25, 0.3) is 0 Å². The van der Waals surface area contributed by atoms with Gasteiger partial charge in [-0.15, -0.1) is 0 Å². The number of aromatic carboxylic acids is 1. The first-order valence-electron chi connectivity index (χ1n) is 14.4. The Kier molecular flexibility index (Phi) is 8.48. The Hall–Kier alpha value is -4.13. The number of rotatable bonds is 10. The highest BCUT2D eigenvalue weighted by Gasteiger charge is 2.18. The predicted octanol–water partition coefficient (Wildman–Crippen LogP) is 6.90. The van der Waals surface area contributed by atoms with Crippen molar-refractivity contribution >= 4 is 28.6 Å². The van der Waals surface area contributed by atoms with Crippen molar-refractivity contribution in [2.45, 2.75) is 71.3 Å². The Labute approximate surface area is 235 Å². The van der Waals surface area contributed by atoms with Crippen LogP contribution in [0.1, 0.15) is 73.6 Å². The maximum Gasteiger partial charge on any atom is 0.336 e. The minimum atomic E-state index is -0.936. The summed E-state index contributed by atoms with van der Waals surface area (Å²) in [6.07, 6.45) is 8.71. The van der Waals surface area contributed by atoms with Gasteiger partial charge in [-0.05, 0) is 79.3 Å². The van der Waals surface area contributed by atoms with E-state index in [9.17, 15) is 14.7 Å². The van der Waals surface area contributed by atoms with Gasteiger partial charge in [-0.2, -0.15) is 0 Å². The molecule has 0 atom stereocenters. The smallest absolute Gasteiger partial charge is 0.336 e. The number of carboxylic acids is 1. The number of carboxylic acid groups (broad SMARTS) is 1. The Morgan fingerprint density at radius 1 is 1.00 bits per heavy atom. The lowest BCUT2D eigenvalue weighted by atomic mass is 9.95. The summed E-state index contributed by atoms with van der Waals surface area (Å²) in [6, 6.07) is 19.6. The molecule has 1 aromatic heterocycles. The van der Waals surface area contributed by atoms with Gasteiger partial charge in [-0.3, -0.25) is 9.36 Å². The molecule has 1 aliphatic carbocycles. The summed E-state index contributed by atoms with van der Waals surface area (Å²) in [7, 11) is 0. The number of hydrogen-bond donors (Lipinski definition) is 3. The number of anilines is 1. The van der Waals surface area contributed by atoms with Gasteiger partial charge in [0.05, 0.1) is 23.1 Å². The monoisotopic (exact) mass is 538 g/mol. The number of amides is 1. The molecule has 3 N–H and O–H groups in total. The fourth-order valence-corrected chi connectivity index (χ4v) is 5.73. The van der Waals surface area contributed by atoms with Crippen LogP contribution in [-0.4, -0.2) is 39.1 Å². The minimum absolute atomic E-state index is 0.0250. The second-order valence-electron chi connectivity index (χ2n) is 10.8. The molecule has 1 heterocycles.